The van der Waals surface area contributed by atoms with E-state index < -0.39 is 4.92 Å². The molecule has 22 heavy (non-hydrogen) atoms. The fraction of sp³-hybridized carbons (Fsp3) is 0.200. The van der Waals surface area contributed by atoms with E-state index in [0.29, 0.717) is 29.2 Å². The van der Waals surface area contributed by atoms with Gasteiger partial charge < -0.3 is 14.2 Å². The molecule has 7 heteroatoms. The molecule has 0 fully saturated rings. The molecule has 1 aliphatic heterocycles. The van der Waals surface area contributed by atoms with Gasteiger partial charge in [-0.2, -0.15) is 0 Å². The molecule has 0 aromatic heterocycles. The van der Waals surface area contributed by atoms with E-state index in [4.69, 9.17) is 14.2 Å². The lowest BCUT2D eigenvalue weighted by molar-refractivity contribution is -0.385. The summed E-state index contributed by atoms with van der Waals surface area (Å²) in [5, 5.41) is 11.0. The summed E-state index contributed by atoms with van der Waals surface area (Å²) < 4.78 is 17.3. The van der Waals surface area contributed by atoms with Crippen LogP contribution in [0.4, 0.5) is 5.69 Å². The highest BCUT2D eigenvalue weighted by molar-refractivity contribution is 9.10. The van der Waals surface area contributed by atoms with Gasteiger partial charge in [-0.25, -0.2) is 0 Å². The molecule has 0 amide bonds. The minimum atomic E-state index is -0.433. The van der Waals surface area contributed by atoms with Gasteiger partial charge >= 0.3 is 0 Å². The van der Waals surface area contributed by atoms with Gasteiger partial charge in [0.2, 0.25) is 0 Å². The average Bonchev–Trinajstić information content (AvgIpc) is 2.53. The van der Waals surface area contributed by atoms with Crippen molar-refractivity contribution in [3.05, 3.63) is 62.1 Å². The number of nitrogens with zero attached hydrogens (tertiary/aromatic N) is 1. The van der Waals surface area contributed by atoms with Crippen molar-refractivity contribution in [3.63, 3.8) is 0 Å². The Morgan fingerprint density at radius 2 is 2.05 bits per heavy atom. The quantitative estimate of drug-likeness (QED) is 0.608. The number of fused-ring (bicyclic) bond motifs is 1. The van der Waals surface area contributed by atoms with E-state index in [1.54, 1.807) is 0 Å². The van der Waals surface area contributed by atoms with Crippen molar-refractivity contribution in [1.29, 1.82) is 0 Å². The number of rotatable bonds is 4. The maximum atomic E-state index is 11.0. The number of benzene rings is 2. The molecule has 114 valence electrons. The SMILES string of the molecule is O=[N+]([O-])c1cc2c(c(COc3ccc(Br)cc3)c1)OCOC2. The number of hydrogen-bond acceptors (Lipinski definition) is 5. The van der Waals surface area contributed by atoms with E-state index in [0.717, 1.165) is 4.47 Å². The summed E-state index contributed by atoms with van der Waals surface area (Å²) >= 11 is 3.35. The van der Waals surface area contributed by atoms with Crippen molar-refractivity contribution >= 4 is 21.6 Å². The first-order valence-corrected chi connectivity index (χ1v) is 7.32. The van der Waals surface area contributed by atoms with E-state index >= 15 is 0 Å². The minimum Gasteiger partial charge on any atom is -0.489 e. The van der Waals surface area contributed by atoms with E-state index in [2.05, 4.69) is 15.9 Å². The third-order valence-electron chi connectivity index (χ3n) is 3.19. The van der Waals surface area contributed by atoms with Crippen LogP contribution in [0, 0.1) is 10.1 Å². The number of non-ortho nitro benzene ring substituents is 1. The lowest BCUT2D eigenvalue weighted by Crippen LogP contribution is -2.14. The van der Waals surface area contributed by atoms with Gasteiger partial charge in [0, 0.05) is 27.7 Å². The van der Waals surface area contributed by atoms with Crippen LogP contribution in [-0.4, -0.2) is 11.7 Å². The first-order chi connectivity index (χ1) is 10.6. The number of hydrogen-bond donors (Lipinski definition) is 0. The summed E-state index contributed by atoms with van der Waals surface area (Å²) in [6.07, 6.45) is 0. The fourth-order valence-electron chi connectivity index (χ4n) is 2.19. The lowest BCUT2D eigenvalue weighted by Gasteiger charge is -2.20. The van der Waals surface area contributed by atoms with Gasteiger partial charge in [-0.1, -0.05) is 15.9 Å². The second kappa shape index (κ2) is 6.33. The second-order valence-corrected chi connectivity index (χ2v) is 5.62. The van der Waals surface area contributed by atoms with Crippen molar-refractivity contribution in [2.75, 3.05) is 6.79 Å². The van der Waals surface area contributed by atoms with Crippen molar-refractivity contribution in [2.24, 2.45) is 0 Å². The molecule has 0 aliphatic carbocycles. The summed E-state index contributed by atoms with van der Waals surface area (Å²) in [5.74, 6) is 1.28. The monoisotopic (exact) mass is 365 g/mol. The maximum absolute atomic E-state index is 11.0. The van der Waals surface area contributed by atoms with Crippen molar-refractivity contribution in [3.8, 4) is 11.5 Å². The number of nitro groups is 1. The minimum absolute atomic E-state index is 0.00209. The van der Waals surface area contributed by atoms with E-state index in [1.165, 1.54) is 12.1 Å². The van der Waals surface area contributed by atoms with Crippen molar-refractivity contribution in [2.45, 2.75) is 13.2 Å². The third kappa shape index (κ3) is 3.20. The summed E-state index contributed by atoms with van der Waals surface area (Å²) in [5.41, 5.74) is 1.30. The first-order valence-electron chi connectivity index (χ1n) is 6.52. The molecule has 0 atom stereocenters. The summed E-state index contributed by atoms with van der Waals surface area (Å²) in [7, 11) is 0. The molecule has 2 aromatic carbocycles. The average molecular weight is 366 g/mol. The van der Waals surface area contributed by atoms with Gasteiger partial charge in [0.05, 0.1) is 11.5 Å². The van der Waals surface area contributed by atoms with E-state index in [9.17, 15) is 10.1 Å². The van der Waals surface area contributed by atoms with Crippen LogP contribution in [0.2, 0.25) is 0 Å². The molecule has 0 spiro atoms. The molecule has 1 heterocycles. The van der Waals surface area contributed by atoms with Crippen LogP contribution in [0.15, 0.2) is 40.9 Å². The Hall–Kier alpha value is -2.12. The zero-order chi connectivity index (χ0) is 15.5. The largest absolute Gasteiger partial charge is 0.489 e. The van der Waals surface area contributed by atoms with Crippen LogP contribution in [0.1, 0.15) is 11.1 Å². The predicted molar refractivity (Wildman–Crippen MR) is 81.9 cm³/mol. The van der Waals surface area contributed by atoms with E-state index in [-0.39, 0.29) is 19.1 Å². The Kier molecular flexibility index (Phi) is 4.26. The Morgan fingerprint density at radius 3 is 2.77 bits per heavy atom. The summed E-state index contributed by atoms with van der Waals surface area (Å²) in [6, 6.07) is 10.3. The Balaban J connectivity index is 1.86. The Morgan fingerprint density at radius 1 is 1.27 bits per heavy atom. The van der Waals surface area contributed by atoms with Gasteiger partial charge in [0.15, 0.2) is 6.79 Å². The highest BCUT2D eigenvalue weighted by atomic mass is 79.9. The highest BCUT2D eigenvalue weighted by Gasteiger charge is 2.21. The Bertz CT molecular complexity index is 702. The standard InChI is InChI=1S/C15H12BrNO5/c16-12-1-3-14(4-2-12)21-8-11-6-13(17(18)19)5-10-7-20-9-22-15(10)11/h1-6H,7-9H2. The molecule has 0 radical (unpaired) electrons. The molecule has 3 rings (SSSR count). The van der Waals surface area contributed by atoms with E-state index in [1.807, 2.05) is 24.3 Å². The molecular weight excluding hydrogens is 354 g/mol. The fourth-order valence-corrected chi connectivity index (χ4v) is 2.45. The van der Waals surface area contributed by atoms with Crippen molar-refractivity contribution < 1.29 is 19.1 Å². The smallest absolute Gasteiger partial charge is 0.270 e. The molecule has 0 unspecified atom stereocenters. The number of nitro benzene ring substituents is 1. The van der Waals surface area contributed by atoms with Crippen LogP contribution in [0.3, 0.4) is 0 Å². The molecule has 1 aliphatic rings. The predicted octanol–water partition coefficient (Wildman–Crippen LogP) is 3.80. The van der Waals surface area contributed by atoms with Gasteiger partial charge in [-0.05, 0) is 24.3 Å². The summed E-state index contributed by atoms with van der Waals surface area (Å²) in [4.78, 5) is 10.6. The van der Waals surface area contributed by atoms with Crippen LogP contribution < -0.4 is 9.47 Å². The molecule has 0 bridgehead atoms. The van der Waals surface area contributed by atoms with Crippen LogP contribution in [0.5, 0.6) is 11.5 Å². The van der Waals surface area contributed by atoms with Gasteiger partial charge in [-0.15, -0.1) is 0 Å². The zero-order valence-corrected chi connectivity index (χ0v) is 13.0. The van der Waals surface area contributed by atoms with Crippen LogP contribution in [-0.2, 0) is 18.0 Å². The molecule has 2 aromatic rings. The van der Waals surface area contributed by atoms with Gasteiger partial charge in [0.25, 0.3) is 5.69 Å². The van der Waals surface area contributed by atoms with Gasteiger partial charge in [0.1, 0.15) is 18.1 Å². The topological polar surface area (TPSA) is 70.8 Å². The molecule has 0 saturated heterocycles. The van der Waals surface area contributed by atoms with Crippen molar-refractivity contribution in [1.82, 2.24) is 0 Å². The Labute approximate surface area is 134 Å². The maximum Gasteiger partial charge on any atom is 0.270 e. The second-order valence-electron chi connectivity index (χ2n) is 4.70. The normalized spacial score (nSPS) is 13.1. The van der Waals surface area contributed by atoms with Crippen LogP contribution >= 0.6 is 15.9 Å². The van der Waals surface area contributed by atoms with Crippen LogP contribution in [0.25, 0.3) is 0 Å². The first kappa shape index (κ1) is 14.8. The lowest BCUT2D eigenvalue weighted by atomic mass is 10.1. The molecule has 0 saturated carbocycles. The zero-order valence-electron chi connectivity index (χ0n) is 11.5. The number of halogens is 1. The number of ether oxygens (including phenoxy) is 3. The molecular formula is C15H12BrNO5. The molecule has 0 N–H and O–H groups in total. The third-order valence-corrected chi connectivity index (χ3v) is 3.72. The molecule has 6 nitrogen and oxygen atoms in total. The highest BCUT2D eigenvalue weighted by Crippen LogP contribution is 2.33. The van der Waals surface area contributed by atoms with Gasteiger partial charge in [-0.3, -0.25) is 10.1 Å². The summed E-state index contributed by atoms with van der Waals surface area (Å²) in [6.45, 7) is 0.615.